The van der Waals surface area contributed by atoms with E-state index in [1.54, 1.807) is 0 Å². The Kier molecular flexibility index (Phi) is 5.37. The van der Waals surface area contributed by atoms with E-state index in [1.165, 1.54) is 10.8 Å². The summed E-state index contributed by atoms with van der Waals surface area (Å²) in [6.07, 6.45) is 0. The van der Waals surface area contributed by atoms with Gasteiger partial charge in [0.15, 0.2) is 0 Å². The third kappa shape index (κ3) is 5.33. The number of rotatable bonds is 6. The van der Waals surface area contributed by atoms with Gasteiger partial charge in [-0.2, -0.15) is 0 Å². The molecular formula is C13H23N3OSi. The fourth-order valence-corrected chi connectivity index (χ4v) is 2.80. The van der Waals surface area contributed by atoms with Crippen LogP contribution in [0.5, 0.6) is 0 Å². The van der Waals surface area contributed by atoms with Crippen LogP contribution < -0.4 is 21.6 Å². The number of hydrogen-bond donors (Lipinski definition) is 3. The van der Waals surface area contributed by atoms with Crippen molar-refractivity contribution in [2.75, 3.05) is 13.1 Å². The largest absolute Gasteiger partial charge is 0.352 e. The molecule has 0 aliphatic heterocycles. The van der Waals surface area contributed by atoms with E-state index in [0.717, 1.165) is 13.1 Å². The zero-order chi connectivity index (χ0) is 13.6. The van der Waals surface area contributed by atoms with Crippen molar-refractivity contribution in [2.45, 2.75) is 26.2 Å². The molecular weight excluding hydrogens is 242 g/mol. The average Bonchev–Trinajstić information content (AvgIpc) is 2.27. The molecule has 0 heterocycles. The Morgan fingerprint density at radius 1 is 1.17 bits per heavy atom. The number of nitrogens with two attached hydrogens (primary N) is 1. The third-order valence-corrected chi connectivity index (χ3v) is 4.82. The SMILES string of the molecule is C[Si](C)(C)c1ccc(CNCCNC(N)=O)cc1. The van der Waals surface area contributed by atoms with Crippen molar-refractivity contribution < 1.29 is 4.79 Å². The lowest BCUT2D eigenvalue weighted by molar-refractivity contribution is 0.249. The molecule has 2 amide bonds. The van der Waals surface area contributed by atoms with Crippen LogP contribution in [0.2, 0.25) is 19.6 Å². The van der Waals surface area contributed by atoms with E-state index in [4.69, 9.17) is 5.73 Å². The first-order valence-electron chi connectivity index (χ1n) is 6.23. The van der Waals surface area contributed by atoms with Crippen molar-refractivity contribution in [2.24, 2.45) is 5.73 Å². The minimum Gasteiger partial charge on any atom is -0.352 e. The van der Waals surface area contributed by atoms with Gasteiger partial charge in [-0.3, -0.25) is 0 Å². The van der Waals surface area contributed by atoms with Crippen LogP contribution in [-0.2, 0) is 6.54 Å². The van der Waals surface area contributed by atoms with Crippen molar-refractivity contribution in [1.82, 2.24) is 10.6 Å². The quantitative estimate of drug-likeness (QED) is 0.530. The van der Waals surface area contributed by atoms with E-state index in [2.05, 4.69) is 54.5 Å². The molecule has 4 nitrogen and oxygen atoms in total. The highest BCUT2D eigenvalue weighted by Crippen LogP contribution is 2.04. The Labute approximate surface area is 110 Å². The predicted molar refractivity (Wildman–Crippen MR) is 78.7 cm³/mol. The van der Waals surface area contributed by atoms with Crippen molar-refractivity contribution in [3.05, 3.63) is 29.8 Å². The van der Waals surface area contributed by atoms with Crippen molar-refractivity contribution in [3.63, 3.8) is 0 Å². The van der Waals surface area contributed by atoms with Gasteiger partial charge in [0.25, 0.3) is 0 Å². The summed E-state index contributed by atoms with van der Waals surface area (Å²) < 4.78 is 0. The topological polar surface area (TPSA) is 67.2 Å². The number of urea groups is 1. The third-order valence-electron chi connectivity index (χ3n) is 2.75. The summed E-state index contributed by atoms with van der Waals surface area (Å²) in [5.41, 5.74) is 6.23. The molecule has 0 bridgehead atoms. The van der Waals surface area contributed by atoms with Gasteiger partial charge >= 0.3 is 6.03 Å². The molecule has 18 heavy (non-hydrogen) atoms. The number of nitrogens with one attached hydrogen (secondary N) is 2. The molecule has 0 aromatic heterocycles. The lowest BCUT2D eigenvalue weighted by Gasteiger charge is -2.16. The summed E-state index contributed by atoms with van der Waals surface area (Å²) in [6, 6.07) is 8.32. The molecule has 0 fully saturated rings. The first kappa shape index (κ1) is 14.7. The van der Waals surface area contributed by atoms with E-state index in [1.807, 2.05) is 0 Å². The Hall–Kier alpha value is -1.33. The smallest absolute Gasteiger partial charge is 0.312 e. The monoisotopic (exact) mass is 265 g/mol. The molecule has 1 aromatic carbocycles. The van der Waals surface area contributed by atoms with Gasteiger partial charge in [-0.1, -0.05) is 49.1 Å². The zero-order valence-corrected chi connectivity index (χ0v) is 12.4. The summed E-state index contributed by atoms with van der Waals surface area (Å²) in [7, 11) is -1.19. The Bertz CT molecular complexity index is 384. The maximum absolute atomic E-state index is 10.5. The van der Waals surface area contributed by atoms with Crippen molar-refractivity contribution >= 4 is 19.3 Å². The number of carbonyl (C=O) groups is 1. The number of benzene rings is 1. The van der Waals surface area contributed by atoms with Crippen LogP contribution in [0.25, 0.3) is 0 Å². The molecule has 0 saturated carbocycles. The maximum atomic E-state index is 10.5. The fraction of sp³-hybridized carbons (Fsp3) is 0.462. The molecule has 0 aliphatic rings. The van der Waals surface area contributed by atoms with E-state index < -0.39 is 14.1 Å². The van der Waals surface area contributed by atoms with Gasteiger partial charge in [0, 0.05) is 19.6 Å². The standard InChI is InChI=1S/C13H23N3OSi/c1-18(2,3)12-6-4-11(5-7-12)10-15-8-9-16-13(14)17/h4-7,15H,8-10H2,1-3H3,(H3,14,16,17). The van der Waals surface area contributed by atoms with E-state index in [-0.39, 0.29) is 0 Å². The molecule has 1 rings (SSSR count). The van der Waals surface area contributed by atoms with Gasteiger partial charge in [-0.05, 0) is 5.56 Å². The van der Waals surface area contributed by atoms with Crippen LogP contribution >= 0.6 is 0 Å². The second-order valence-corrected chi connectivity index (χ2v) is 10.5. The second kappa shape index (κ2) is 6.56. The molecule has 100 valence electrons. The lowest BCUT2D eigenvalue weighted by atomic mass is 10.2. The molecule has 0 spiro atoms. The zero-order valence-electron chi connectivity index (χ0n) is 11.4. The Morgan fingerprint density at radius 2 is 1.78 bits per heavy atom. The second-order valence-electron chi connectivity index (χ2n) is 5.41. The average molecular weight is 265 g/mol. The van der Waals surface area contributed by atoms with Crippen LogP contribution in [0, 0.1) is 0 Å². The molecule has 0 unspecified atom stereocenters. The summed E-state index contributed by atoms with van der Waals surface area (Å²) in [4.78, 5) is 10.5. The van der Waals surface area contributed by atoms with Gasteiger partial charge in [-0.15, -0.1) is 0 Å². The predicted octanol–water partition coefficient (Wildman–Crippen LogP) is 0.990. The lowest BCUT2D eigenvalue weighted by Crippen LogP contribution is -2.37. The highest BCUT2D eigenvalue weighted by Gasteiger charge is 2.15. The number of hydrogen-bond acceptors (Lipinski definition) is 2. The van der Waals surface area contributed by atoms with Crippen molar-refractivity contribution in [1.29, 1.82) is 0 Å². The van der Waals surface area contributed by atoms with E-state index in [0.29, 0.717) is 6.54 Å². The maximum Gasteiger partial charge on any atom is 0.312 e. The Balaban J connectivity index is 2.33. The van der Waals surface area contributed by atoms with Gasteiger partial charge in [0.05, 0.1) is 8.07 Å². The van der Waals surface area contributed by atoms with Crippen LogP contribution in [0.3, 0.4) is 0 Å². The van der Waals surface area contributed by atoms with Gasteiger partial charge in [0.2, 0.25) is 0 Å². The number of carbonyl (C=O) groups excluding carboxylic acids is 1. The van der Waals surface area contributed by atoms with E-state index >= 15 is 0 Å². The molecule has 0 saturated heterocycles. The van der Waals surface area contributed by atoms with Crippen LogP contribution in [0.15, 0.2) is 24.3 Å². The molecule has 1 aromatic rings. The first-order valence-corrected chi connectivity index (χ1v) is 9.73. The van der Waals surface area contributed by atoms with Crippen LogP contribution in [0.4, 0.5) is 4.79 Å². The van der Waals surface area contributed by atoms with Gasteiger partial charge in [0.1, 0.15) is 0 Å². The summed E-state index contributed by atoms with van der Waals surface area (Å²) >= 11 is 0. The molecule has 0 aliphatic carbocycles. The normalized spacial score (nSPS) is 11.3. The van der Waals surface area contributed by atoms with Gasteiger partial charge < -0.3 is 16.4 Å². The first-order chi connectivity index (χ1) is 8.39. The molecule has 5 heteroatoms. The minimum atomic E-state index is -1.19. The molecule has 0 radical (unpaired) electrons. The number of primary amides is 1. The fourth-order valence-electron chi connectivity index (χ4n) is 1.63. The number of amides is 2. The highest BCUT2D eigenvalue weighted by molar-refractivity contribution is 6.88. The summed E-state index contributed by atoms with van der Waals surface area (Å²) in [6.45, 7) is 9.12. The summed E-state index contributed by atoms with van der Waals surface area (Å²) in [5, 5.41) is 7.27. The van der Waals surface area contributed by atoms with Crippen molar-refractivity contribution in [3.8, 4) is 0 Å². The van der Waals surface area contributed by atoms with Gasteiger partial charge in [-0.25, -0.2) is 4.79 Å². The molecule has 0 atom stereocenters. The van der Waals surface area contributed by atoms with Crippen LogP contribution in [0.1, 0.15) is 5.56 Å². The van der Waals surface area contributed by atoms with Crippen LogP contribution in [-0.4, -0.2) is 27.2 Å². The summed E-state index contributed by atoms with van der Waals surface area (Å²) in [5.74, 6) is 0. The molecule has 4 N–H and O–H groups in total. The minimum absolute atomic E-state index is 0.476. The highest BCUT2D eigenvalue weighted by atomic mass is 28.3. The Morgan fingerprint density at radius 3 is 2.28 bits per heavy atom. The van der Waals surface area contributed by atoms with E-state index in [9.17, 15) is 4.79 Å².